The van der Waals surface area contributed by atoms with Gasteiger partial charge in [-0.15, -0.1) is 0 Å². The second kappa shape index (κ2) is 10.3. The molecule has 0 radical (unpaired) electrons. The molecule has 1 unspecified atom stereocenters. The van der Waals surface area contributed by atoms with Gasteiger partial charge in [0.2, 0.25) is 6.10 Å². The molecule has 3 aromatic carbocycles. The lowest BCUT2D eigenvalue weighted by atomic mass is 9.77. The molecule has 8 nitrogen and oxygen atoms in total. The standard InChI is InChI=1S/C28H25N3O5/c1-18-17-19(2)30-27(29-18)36-24(26(34)35)28(21-9-5-3-6-10-21,22-11-7-4-8-12-22)31-25(33)20-13-15-23(32)16-14-20/h3-17,24,32H,1-2H3,(H,31,33)(H,34,35). The minimum absolute atomic E-state index is 0.00245. The number of amides is 1. The van der Waals surface area contributed by atoms with E-state index in [4.69, 9.17) is 4.74 Å². The van der Waals surface area contributed by atoms with Crippen LogP contribution in [-0.4, -0.2) is 38.2 Å². The molecule has 0 bridgehead atoms. The highest BCUT2D eigenvalue weighted by Gasteiger charge is 2.50. The smallest absolute Gasteiger partial charge is 0.348 e. The predicted molar refractivity (Wildman–Crippen MR) is 133 cm³/mol. The molecule has 4 aromatic rings. The molecule has 0 saturated heterocycles. The quantitative estimate of drug-likeness (QED) is 0.346. The highest BCUT2D eigenvalue weighted by Crippen LogP contribution is 2.36. The molecule has 1 amide bonds. The van der Waals surface area contributed by atoms with Crippen molar-refractivity contribution in [3.8, 4) is 11.8 Å². The fourth-order valence-electron chi connectivity index (χ4n) is 4.12. The van der Waals surface area contributed by atoms with E-state index in [1.807, 2.05) is 0 Å². The van der Waals surface area contributed by atoms with Gasteiger partial charge in [0.15, 0.2) is 0 Å². The van der Waals surface area contributed by atoms with Gasteiger partial charge in [0.05, 0.1) is 0 Å². The van der Waals surface area contributed by atoms with Gasteiger partial charge in [-0.05, 0) is 55.3 Å². The molecule has 1 atom stereocenters. The second-order valence-corrected chi connectivity index (χ2v) is 8.31. The number of hydrogen-bond acceptors (Lipinski definition) is 6. The van der Waals surface area contributed by atoms with Gasteiger partial charge in [0.25, 0.3) is 5.91 Å². The number of rotatable bonds is 8. The van der Waals surface area contributed by atoms with Crippen molar-refractivity contribution in [3.05, 3.63) is 119 Å². The minimum Gasteiger partial charge on any atom is -0.508 e. The maximum absolute atomic E-state index is 13.5. The molecule has 0 aliphatic carbocycles. The zero-order valence-corrected chi connectivity index (χ0v) is 19.8. The molecule has 1 aromatic heterocycles. The second-order valence-electron chi connectivity index (χ2n) is 8.31. The van der Waals surface area contributed by atoms with Gasteiger partial charge in [-0.3, -0.25) is 4.79 Å². The van der Waals surface area contributed by atoms with E-state index in [-0.39, 0.29) is 17.3 Å². The Morgan fingerprint density at radius 3 is 1.81 bits per heavy atom. The molecule has 4 rings (SSSR count). The summed E-state index contributed by atoms with van der Waals surface area (Å²) >= 11 is 0. The highest BCUT2D eigenvalue weighted by atomic mass is 16.5. The summed E-state index contributed by atoms with van der Waals surface area (Å²) in [5.41, 5.74) is 0.750. The summed E-state index contributed by atoms with van der Waals surface area (Å²) in [6.07, 6.45) is -1.65. The number of carbonyl (C=O) groups is 2. The van der Waals surface area contributed by atoms with Crippen LogP contribution >= 0.6 is 0 Å². The van der Waals surface area contributed by atoms with Crippen LogP contribution in [0.15, 0.2) is 91.0 Å². The van der Waals surface area contributed by atoms with Crippen molar-refractivity contribution in [2.45, 2.75) is 25.5 Å². The first kappa shape index (κ1) is 24.4. The van der Waals surface area contributed by atoms with Gasteiger partial charge >= 0.3 is 12.0 Å². The Morgan fingerprint density at radius 2 is 1.33 bits per heavy atom. The summed E-state index contributed by atoms with van der Waals surface area (Å²) in [5, 5.41) is 23.1. The van der Waals surface area contributed by atoms with Crippen LogP contribution in [0.2, 0.25) is 0 Å². The number of ether oxygens (including phenoxy) is 1. The topological polar surface area (TPSA) is 122 Å². The number of benzene rings is 3. The zero-order chi connectivity index (χ0) is 25.7. The molecule has 0 aliphatic rings. The van der Waals surface area contributed by atoms with Crippen LogP contribution in [0, 0.1) is 13.8 Å². The SMILES string of the molecule is Cc1cc(C)nc(OC(C(=O)O)C(NC(=O)c2ccc(O)cc2)(c2ccccc2)c2ccccc2)n1. The Balaban J connectivity index is 1.94. The van der Waals surface area contributed by atoms with Crippen LogP contribution in [0.5, 0.6) is 11.8 Å². The monoisotopic (exact) mass is 483 g/mol. The van der Waals surface area contributed by atoms with Crippen LogP contribution in [0.3, 0.4) is 0 Å². The molecule has 36 heavy (non-hydrogen) atoms. The summed E-state index contributed by atoms with van der Waals surface area (Å²) < 4.78 is 5.99. The van der Waals surface area contributed by atoms with Gasteiger partial charge in [0.1, 0.15) is 11.3 Å². The normalized spacial score (nSPS) is 11.9. The van der Waals surface area contributed by atoms with Crippen molar-refractivity contribution in [2.75, 3.05) is 0 Å². The molecular formula is C28H25N3O5. The highest BCUT2D eigenvalue weighted by molar-refractivity contribution is 5.96. The Bertz CT molecular complexity index is 1300. The lowest BCUT2D eigenvalue weighted by Gasteiger charge is -2.39. The van der Waals surface area contributed by atoms with E-state index >= 15 is 0 Å². The van der Waals surface area contributed by atoms with Gasteiger partial charge in [-0.2, -0.15) is 0 Å². The Kier molecular flexibility index (Phi) is 6.96. The van der Waals surface area contributed by atoms with Gasteiger partial charge in [-0.25, -0.2) is 14.8 Å². The summed E-state index contributed by atoms with van der Waals surface area (Å²) in [6.45, 7) is 3.51. The third-order valence-corrected chi connectivity index (χ3v) is 5.70. The number of aryl methyl sites for hydroxylation is 2. The van der Waals surface area contributed by atoms with Crippen molar-refractivity contribution in [1.82, 2.24) is 15.3 Å². The first-order chi connectivity index (χ1) is 17.3. The molecule has 0 fully saturated rings. The molecular weight excluding hydrogens is 458 g/mol. The number of hydrogen-bond donors (Lipinski definition) is 3. The third kappa shape index (κ3) is 5.02. The maximum atomic E-state index is 13.5. The number of carboxylic acid groups (broad SMARTS) is 1. The maximum Gasteiger partial charge on any atom is 0.348 e. The Morgan fingerprint density at radius 1 is 0.833 bits per heavy atom. The Hall–Kier alpha value is -4.72. The number of aliphatic carboxylic acids is 1. The lowest BCUT2D eigenvalue weighted by molar-refractivity contribution is -0.148. The molecule has 0 saturated carbocycles. The summed E-state index contributed by atoms with van der Waals surface area (Å²) in [7, 11) is 0. The molecule has 8 heteroatoms. The predicted octanol–water partition coefficient (Wildman–Crippen LogP) is 4.00. The van der Waals surface area contributed by atoms with E-state index in [2.05, 4.69) is 15.3 Å². The Labute approximate surface area is 208 Å². The summed E-state index contributed by atoms with van der Waals surface area (Å²) in [5.74, 6) is -1.88. The largest absolute Gasteiger partial charge is 0.508 e. The zero-order valence-electron chi connectivity index (χ0n) is 19.8. The number of carboxylic acids is 1. The van der Waals surface area contributed by atoms with Gasteiger partial charge in [-0.1, -0.05) is 60.7 Å². The molecule has 0 spiro atoms. The lowest BCUT2D eigenvalue weighted by Crippen LogP contribution is -2.60. The number of nitrogens with zero attached hydrogens (tertiary/aromatic N) is 2. The number of nitrogens with one attached hydrogen (secondary N) is 1. The average molecular weight is 484 g/mol. The molecule has 3 N–H and O–H groups in total. The van der Waals surface area contributed by atoms with Crippen molar-refractivity contribution < 1.29 is 24.5 Å². The number of aromatic hydroxyl groups is 1. The van der Waals surface area contributed by atoms with Crippen LogP contribution in [0.25, 0.3) is 0 Å². The van der Waals surface area contributed by atoms with E-state index in [0.29, 0.717) is 22.5 Å². The van der Waals surface area contributed by atoms with E-state index in [9.17, 15) is 19.8 Å². The fourth-order valence-corrected chi connectivity index (χ4v) is 4.12. The van der Waals surface area contributed by atoms with Crippen LogP contribution in [-0.2, 0) is 10.3 Å². The first-order valence-electron chi connectivity index (χ1n) is 11.2. The van der Waals surface area contributed by atoms with Gasteiger partial charge in [0, 0.05) is 17.0 Å². The average Bonchev–Trinajstić information content (AvgIpc) is 2.87. The number of phenols is 1. The van der Waals surface area contributed by atoms with Crippen molar-refractivity contribution in [3.63, 3.8) is 0 Å². The van der Waals surface area contributed by atoms with E-state index < -0.39 is 23.5 Å². The number of aromatic nitrogens is 2. The van der Waals surface area contributed by atoms with E-state index in [0.717, 1.165) is 0 Å². The van der Waals surface area contributed by atoms with Crippen LogP contribution < -0.4 is 10.1 Å². The van der Waals surface area contributed by atoms with Crippen LogP contribution in [0.1, 0.15) is 32.9 Å². The van der Waals surface area contributed by atoms with Crippen molar-refractivity contribution >= 4 is 11.9 Å². The summed E-state index contributed by atoms with van der Waals surface area (Å²) in [6, 6.07) is 24.8. The van der Waals surface area contributed by atoms with Crippen molar-refractivity contribution in [1.29, 1.82) is 0 Å². The van der Waals surface area contributed by atoms with Gasteiger partial charge < -0.3 is 20.3 Å². The van der Waals surface area contributed by atoms with E-state index in [1.54, 1.807) is 80.6 Å². The summed E-state index contributed by atoms with van der Waals surface area (Å²) in [4.78, 5) is 34.9. The minimum atomic E-state index is -1.68. The molecule has 1 heterocycles. The van der Waals surface area contributed by atoms with Crippen LogP contribution in [0.4, 0.5) is 0 Å². The number of carbonyl (C=O) groups excluding carboxylic acids is 1. The first-order valence-corrected chi connectivity index (χ1v) is 11.2. The van der Waals surface area contributed by atoms with Crippen molar-refractivity contribution in [2.24, 2.45) is 0 Å². The molecule has 182 valence electrons. The van der Waals surface area contributed by atoms with E-state index in [1.165, 1.54) is 24.3 Å². The fraction of sp³-hybridized carbons (Fsp3) is 0.143. The number of phenolic OH excluding ortho intramolecular Hbond substituents is 1. The third-order valence-electron chi connectivity index (χ3n) is 5.70. The molecule has 0 aliphatic heterocycles.